The Bertz CT molecular complexity index is 1080. The zero-order valence-electron chi connectivity index (χ0n) is 14.7. The standard InChI is InChI=1S/C19H20FN5S/c1-11-5-12(3-4-21-11)17-7-14-10-25(23-19(14)26-17)15-6-13-9-24(2)22-18(13)16(20)8-15/h6-12,21H,3-5H2,1-2H3/t11-,12-/m1/s1. The summed E-state index contributed by atoms with van der Waals surface area (Å²) in [6.45, 7) is 3.32. The summed E-state index contributed by atoms with van der Waals surface area (Å²) in [5.41, 5.74) is 1.12. The Morgan fingerprint density at radius 2 is 2.08 bits per heavy atom. The largest absolute Gasteiger partial charge is 0.314 e. The Balaban J connectivity index is 1.51. The second kappa shape index (κ2) is 5.89. The lowest BCUT2D eigenvalue weighted by Gasteiger charge is -2.27. The monoisotopic (exact) mass is 369 g/mol. The minimum absolute atomic E-state index is 0.318. The topological polar surface area (TPSA) is 47.7 Å². The average molecular weight is 369 g/mol. The van der Waals surface area contributed by atoms with E-state index in [0.29, 0.717) is 17.5 Å². The van der Waals surface area contributed by atoms with Gasteiger partial charge in [0.1, 0.15) is 10.3 Å². The smallest absolute Gasteiger partial charge is 0.153 e. The number of aryl methyl sites for hydroxylation is 1. The first-order valence-corrected chi connectivity index (χ1v) is 9.74. The van der Waals surface area contributed by atoms with Crippen molar-refractivity contribution in [3.63, 3.8) is 0 Å². The van der Waals surface area contributed by atoms with Gasteiger partial charge < -0.3 is 5.32 Å². The fourth-order valence-electron chi connectivity index (χ4n) is 3.90. The number of halogens is 1. The highest BCUT2D eigenvalue weighted by molar-refractivity contribution is 7.18. The SMILES string of the molecule is C[C@@H]1C[C@H](c2cc3cn(-c4cc(F)c5nn(C)cc5c4)nc3s2)CCN1. The molecule has 26 heavy (non-hydrogen) atoms. The molecule has 7 heteroatoms. The molecular weight excluding hydrogens is 349 g/mol. The van der Waals surface area contributed by atoms with Crippen LogP contribution in [0.4, 0.5) is 4.39 Å². The van der Waals surface area contributed by atoms with E-state index in [1.54, 1.807) is 27.7 Å². The van der Waals surface area contributed by atoms with E-state index in [1.165, 1.54) is 23.8 Å². The number of nitrogens with zero attached hydrogens (tertiary/aromatic N) is 4. The molecule has 1 aliphatic rings. The van der Waals surface area contributed by atoms with Crippen LogP contribution < -0.4 is 5.32 Å². The molecule has 4 heterocycles. The number of aromatic nitrogens is 4. The lowest BCUT2D eigenvalue weighted by molar-refractivity contribution is 0.384. The van der Waals surface area contributed by atoms with Gasteiger partial charge in [0.25, 0.3) is 0 Å². The summed E-state index contributed by atoms with van der Waals surface area (Å²) < 4.78 is 17.8. The van der Waals surface area contributed by atoms with Crippen LogP contribution in [0.2, 0.25) is 0 Å². The summed E-state index contributed by atoms with van der Waals surface area (Å²) in [7, 11) is 1.80. The molecule has 2 atom stereocenters. The molecule has 3 aromatic heterocycles. The Morgan fingerprint density at radius 3 is 2.88 bits per heavy atom. The zero-order chi connectivity index (χ0) is 17.8. The molecule has 4 aromatic rings. The normalized spacial score (nSPS) is 21.0. The third-order valence-corrected chi connectivity index (χ3v) is 6.37. The van der Waals surface area contributed by atoms with Gasteiger partial charge in [-0.2, -0.15) is 10.2 Å². The van der Waals surface area contributed by atoms with Crippen LogP contribution in [0.3, 0.4) is 0 Å². The molecule has 134 valence electrons. The summed E-state index contributed by atoms with van der Waals surface area (Å²) in [4.78, 5) is 2.43. The molecule has 0 spiro atoms. The van der Waals surface area contributed by atoms with E-state index >= 15 is 0 Å². The van der Waals surface area contributed by atoms with Crippen LogP contribution in [0.25, 0.3) is 26.8 Å². The predicted molar refractivity (Wildman–Crippen MR) is 103 cm³/mol. The van der Waals surface area contributed by atoms with Crippen molar-refractivity contribution < 1.29 is 4.39 Å². The minimum Gasteiger partial charge on any atom is -0.314 e. The van der Waals surface area contributed by atoms with Gasteiger partial charge in [-0.05, 0) is 44.4 Å². The Morgan fingerprint density at radius 1 is 1.19 bits per heavy atom. The van der Waals surface area contributed by atoms with Gasteiger partial charge in [0.05, 0.1) is 5.69 Å². The molecule has 0 radical (unpaired) electrons. The Kier molecular flexibility index (Phi) is 3.62. The molecule has 5 nitrogen and oxygen atoms in total. The highest BCUT2D eigenvalue weighted by atomic mass is 32.1. The van der Waals surface area contributed by atoms with Crippen molar-refractivity contribution in [3.05, 3.63) is 41.3 Å². The number of benzene rings is 1. The number of hydrogen-bond acceptors (Lipinski definition) is 4. The van der Waals surface area contributed by atoms with Crippen molar-refractivity contribution in [2.45, 2.75) is 31.7 Å². The van der Waals surface area contributed by atoms with Crippen LogP contribution in [0.1, 0.15) is 30.6 Å². The number of thiophene rings is 1. The van der Waals surface area contributed by atoms with Gasteiger partial charge in [0, 0.05) is 47.2 Å². The van der Waals surface area contributed by atoms with Crippen molar-refractivity contribution in [1.82, 2.24) is 24.9 Å². The molecule has 0 saturated carbocycles. The summed E-state index contributed by atoms with van der Waals surface area (Å²) in [6.07, 6.45) is 6.17. The van der Waals surface area contributed by atoms with E-state index in [-0.39, 0.29) is 5.82 Å². The maximum Gasteiger partial charge on any atom is 0.153 e. The molecule has 0 unspecified atom stereocenters. The van der Waals surface area contributed by atoms with Gasteiger partial charge in [-0.1, -0.05) is 0 Å². The second-order valence-corrected chi connectivity index (χ2v) is 8.29. The predicted octanol–water partition coefficient (Wildman–Crippen LogP) is 3.97. The van der Waals surface area contributed by atoms with Crippen molar-refractivity contribution in [2.24, 2.45) is 7.05 Å². The van der Waals surface area contributed by atoms with Gasteiger partial charge in [-0.15, -0.1) is 11.3 Å². The molecule has 0 amide bonds. The highest BCUT2D eigenvalue weighted by Gasteiger charge is 2.22. The van der Waals surface area contributed by atoms with Crippen molar-refractivity contribution >= 4 is 32.5 Å². The van der Waals surface area contributed by atoms with E-state index in [9.17, 15) is 4.39 Å². The number of fused-ring (bicyclic) bond motifs is 2. The molecule has 1 saturated heterocycles. The van der Waals surface area contributed by atoms with Crippen LogP contribution in [0.5, 0.6) is 0 Å². The van der Waals surface area contributed by atoms with Crippen LogP contribution in [-0.2, 0) is 7.05 Å². The molecule has 0 aliphatic carbocycles. The molecule has 0 bridgehead atoms. The van der Waals surface area contributed by atoms with E-state index in [0.717, 1.165) is 27.8 Å². The van der Waals surface area contributed by atoms with E-state index in [2.05, 4.69) is 23.4 Å². The maximum absolute atomic E-state index is 14.4. The lowest BCUT2D eigenvalue weighted by atomic mass is 9.92. The second-order valence-electron chi connectivity index (χ2n) is 7.23. The maximum atomic E-state index is 14.4. The molecule has 1 fully saturated rings. The molecule has 1 aromatic carbocycles. The van der Waals surface area contributed by atoms with Crippen LogP contribution in [0.15, 0.2) is 30.6 Å². The van der Waals surface area contributed by atoms with Gasteiger partial charge >= 0.3 is 0 Å². The van der Waals surface area contributed by atoms with Gasteiger partial charge in [0.15, 0.2) is 5.82 Å². The van der Waals surface area contributed by atoms with Crippen molar-refractivity contribution in [3.8, 4) is 5.69 Å². The number of nitrogens with one attached hydrogen (secondary N) is 1. The number of hydrogen-bond donors (Lipinski definition) is 1. The molecule has 1 N–H and O–H groups in total. The number of piperidine rings is 1. The Labute approximate surface area is 154 Å². The van der Waals surface area contributed by atoms with Crippen molar-refractivity contribution in [2.75, 3.05) is 6.54 Å². The van der Waals surface area contributed by atoms with Gasteiger partial charge in [0.2, 0.25) is 0 Å². The summed E-state index contributed by atoms with van der Waals surface area (Å²) in [5.74, 6) is 0.296. The van der Waals surface area contributed by atoms with Crippen molar-refractivity contribution in [1.29, 1.82) is 0 Å². The van der Waals surface area contributed by atoms with Gasteiger partial charge in [-0.25, -0.2) is 9.07 Å². The lowest BCUT2D eigenvalue weighted by Crippen LogP contribution is -2.34. The van der Waals surface area contributed by atoms with Gasteiger partial charge in [-0.3, -0.25) is 4.68 Å². The first kappa shape index (κ1) is 16.0. The zero-order valence-corrected chi connectivity index (χ0v) is 15.6. The quantitative estimate of drug-likeness (QED) is 0.582. The number of rotatable bonds is 2. The van der Waals surface area contributed by atoms with Crippen LogP contribution in [0, 0.1) is 5.82 Å². The average Bonchev–Trinajstić information content (AvgIpc) is 3.26. The highest BCUT2D eigenvalue weighted by Crippen LogP contribution is 2.36. The first-order chi connectivity index (χ1) is 12.6. The Hall–Kier alpha value is -2.25. The van der Waals surface area contributed by atoms with Crippen LogP contribution >= 0.6 is 11.3 Å². The molecule has 5 rings (SSSR count). The molecular formula is C19H20FN5S. The van der Waals surface area contributed by atoms with E-state index < -0.39 is 0 Å². The summed E-state index contributed by atoms with van der Waals surface area (Å²) >= 11 is 1.76. The van der Waals surface area contributed by atoms with E-state index in [4.69, 9.17) is 5.10 Å². The fraction of sp³-hybridized carbons (Fsp3) is 0.368. The van der Waals surface area contributed by atoms with E-state index in [1.807, 2.05) is 18.5 Å². The third kappa shape index (κ3) is 2.62. The fourth-order valence-corrected chi connectivity index (χ4v) is 5.05. The first-order valence-electron chi connectivity index (χ1n) is 8.92. The van der Waals surface area contributed by atoms with Crippen LogP contribution in [-0.4, -0.2) is 32.1 Å². The third-order valence-electron chi connectivity index (χ3n) is 5.17. The molecule has 1 aliphatic heterocycles. The summed E-state index contributed by atoms with van der Waals surface area (Å²) in [5, 5.41) is 14.3. The minimum atomic E-state index is -0.318. The summed E-state index contributed by atoms with van der Waals surface area (Å²) in [6, 6.07) is 6.25.